The molecular weight excluding hydrogens is 327 g/mol. The van der Waals surface area contributed by atoms with Crippen LogP contribution in [0.3, 0.4) is 0 Å². The number of carbonyl (C=O) groups is 1. The number of carboxylic acids is 1. The van der Waals surface area contributed by atoms with Crippen molar-refractivity contribution < 1.29 is 40.9 Å². The third-order valence-corrected chi connectivity index (χ3v) is 4.43. The SMILES string of the molecule is CCCCCCCCCCCCCCC(Br)C(=O)O.[H-].[Na+]. The minimum atomic E-state index is -0.733. The van der Waals surface area contributed by atoms with Crippen molar-refractivity contribution in [1.29, 1.82) is 0 Å². The molecule has 1 unspecified atom stereocenters. The number of rotatable bonds is 14. The summed E-state index contributed by atoms with van der Waals surface area (Å²) in [7, 11) is 0. The van der Waals surface area contributed by atoms with E-state index in [1.807, 2.05) is 0 Å². The van der Waals surface area contributed by atoms with Crippen LogP contribution in [0.15, 0.2) is 0 Å². The fourth-order valence-electron chi connectivity index (χ4n) is 2.29. The second kappa shape index (κ2) is 18.0. The molecule has 116 valence electrons. The molecule has 0 aliphatic rings. The molecule has 0 aromatic rings. The summed E-state index contributed by atoms with van der Waals surface area (Å²) in [5.74, 6) is -0.733. The third-order valence-electron chi connectivity index (χ3n) is 3.58. The first kappa shape index (κ1) is 23.2. The topological polar surface area (TPSA) is 37.3 Å². The second-order valence-corrected chi connectivity index (χ2v) is 6.59. The fraction of sp³-hybridized carbons (Fsp3) is 0.938. The predicted molar refractivity (Wildman–Crippen MR) is 87.2 cm³/mol. The van der Waals surface area contributed by atoms with Gasteiger partial charge in [-0.05, 0) is 6.42 Å². The quantitative estimate of drug-likeness (QED) is 0.294. The van der Waals surface area contributed by atoms with Gasteiger partial charge in [0, 0.05) is 0 Å². The molecule has 0 spiro atoms. The summed E-state index contributed by atoms with van der Waals surface area (Å²) < 4.78 is 0. The molecule has 2 nitrogen and oxygen atoms in total. The Kier molecular flexibility index (Phi) is 20.9. The maximum absolute atomic E-state index is 10.6. The van der Waals surface area contributed by atoms with Crippen LogP contribution in [0.25, 0.3) is 0 Å². The van der Waals surface area contributed by atoms with Gasteiger partial charge in [-0.15, -0.1) is 0 Å². The summed E-state index contributed by atoms with van der Waals surface area (Å²) >= 11 is 3.17. The summed E-state index contributed by atoms with van der Waals surface area (Å²) in [4.78, 5) is 10.2. The number of halogens is 1. The molecule has 0 saturated heterocycles. The number of aliphatic carboxylic acids is 1. The van der Waals surface area contributed by atoms with Crippen molar-refractivity contribution in [2.24, 2.45) is 0 Å². The molecular formula is C16H32BrNaO2. The van der Waals surface area contributed by atoms with Crippen LogP contribution in [0.1, 0.15) is 91.8 Å². The molecule has 1 N–H and O–H groups in total. The predicted octanol–water partition coefficient (Wildman–Crippen LogP) is 3.04. The molecule has 0 bridgehead atoms. The van der Waals surface area contributed by atoms with Crippen LogP contribution < -0.4 is 29.6 Å². The molecule has 0 radical (unpaired) electrons. The van der Waals surface area contributed by atoms with Gasteiger partial charge in [0.1, 0.15) is 4.83 Å². The van der Waals surface area contributed by atoms with E-state index in [4.69, 9.17) is 5.11 Å². The Labute approximate surface area is 157 Å². The first-order chi connectivity index (χ1) is 9.18. The number of hydrogen-bond acceptors (Lipinski definition) is 1. The van der Waals surface area contributed by atoms with E-state index in [9.17, 15) is 4.79 Å². The molecule has 0 aromatic carbocycles. The number of hydrogen-bond donors (Lipinski definition) is 1. The van der Waals surface area contributed by atoms with Gasteiger partial charge in [0.2, 0.25) is 0 Å². The number of unbranched alkanes of at least 4 members (excludes halogenated alkanes) is 11. The maximum Gasteiger partial charge on any atom is 1.00 e. The Bertz CT molecular complexity index is 218. The van der Waals surface area contributed by atoms with E-state index in [-0.39, 0.29) is 35.8 Å². The summed E-state index contributed by atoms with van der Waals surface area (Å²) in [6.45, 7) is 2.26. The molecule has 4 heteroatoms. The molecule has 1 atom stereocenters. The number of carboxylic acid groups (broad SMARTS) is 1. The average Bonchev–Trinajstić information content (AvgIpc) is 2.39. The Balaban J connectivity index is -0.00000162. The normalized spacial score (nSPS) is 11.9. The Hall–Kier alpha value is 0.950. The molecule has 0 saturated carbocycles. The smallest absolute Gasteiger partial charge is 1.00 e. The van der Waals surface area contributed by atoms with Gasteiger partial charge in [0.25, 0.3) is 0 Å². The molecule has 0 aromatic heterocycles. The van der Waals surface area contributed by atoms with E-state index >= 15 is 0 Å². The van der Waals surface area contributed by atoms with Gasteiger partial charge in [0.15, 0.2) is 0 Å². The average molecular weight is 359 g/mol. The molecule has 0 rings (SSSR count). The summed E-state index contributed by atoms with van der Waals surface area (Å²) in [5, 5.41) is 8.71. The van der Waals surface area contributed by atoms with Gasteiger partial charge in [-0.1, -0.05) is 99.9 Å². The van der Waals surface area contributed by atoms with Crippen LogP contribution in [0.5, 0.6) is 0 Å². The Morgan fingerprint density at radius 2 is 1.25 bits per heavy atom. The first-order valence-electron chi connectivity index (χ1n) is 8.05. The van der Waals surface area contributed by atoms with Gasteiger partial charge in [-0.2, -0.15) is 0 Å². The summed E-state index contributed by atoms with van der Waals surface area (Å²) in [6.07, 6.45) is 16.6. The van der Waals surface area contributed by atoms with Crippen molar-refractivity contribution >= 4 is 21.9 Å². The van der Waals surface area contributed by atoms with Crippen LogP contribution in [0, 0.1) is 0 Å². The van der Waals surface area contributed by atoms with Crippen molar-refractivity contribution in [3.8, 4) is 0 Å². The van der Waals surface area contributed by atoms with Crippen LogP contribution >= 0.6 is 15.9 Å². The van der Waals surface area contributed by atoms with E-state index in [2.05, 4.69) is 22.9 Å². The van der Waals surface area contributed by atoms with Gasteiger partial charge < -0.3 is 6.53 Å². The Morgan fingerprint density at radius 3 is 1.60 bits per heavy atom. The van der Waals surface area contributed by atoms with E-state index < -0.39 is 5.97 Å². The molecule has 0 amide bonds. The summed E-state index contributed by atoms with van der Waals surface area (Å²) in [5.41, 5.74) is 0. The van der Waals surface area contributed by atoms with Crippen molar-refractivity contribution in [1.82, 2.24) is 0 Å². The standard InChI is InChI=1S/C16H31BrO2.Na.H/c1-2-3-4-5-6-7-8-9-10-11-12-13-14-15(17)16(18)19;;/h15H,2-14H2,1H3,(H,18,19);;/q;+1;-1. The van der Waals surface area contributed by atoms with E-state index in [1.165, 1.54) is 70.6 Å². The maximum atomic E-state index is 10.6. The van der Waals surface area contributed by atoms with Gasteiger partial charge in [-0.3, -0.25) is 4.79 Å². The van der Waals surface area contributed by atoms with Crippen LogP contribution in [0.4, 0.5) is 0 Å². The molecule has 0 fully saturated rings. The second-order valence-electron chi connectivity index (χ2n) is 5.48. The minimum Gasteiger partial charge on any atom is -1.00 e. The van der Waals surface area contributed by atoms with Crippen molar-refractivity contribution in [3.05, 3.63) is 0 Å². The third kappa shape index (κ3) is 17.0. The fourth-order valence-corrected chi connectivity index (χ4v) is 2.61. The number of alkyl halides is 1. The molecule has 20 heavy (non-hydrogen) atoms. The molecule has 0 heterocycles. The largest absolute Gasteiger partial charge is 1.00 e. The summed E-state index contributed by atoms with van der Waals surface area (Å²) in [6, 6.07) is 0. The van der Waals surface area contributed by atoms with E-state index in [1.54, 1.807) is 0 Å². The molecule has 0 aliphatic carbocycles. The zero-order valence-corrected chi connectivity index (χ0v) is 17.1. The molecule has 0 aliphatic heterocycles. The zero-order chi connectivity index (χ0) is 14.3. The zero-order valence-electron chi connectivity index (χ0n) is 14.5. The van der Waals surface area contributed by atoms with Crippen molar-refractivity contribution in [3.63, 3.8) is 0 Å². The first-order valence-corrected chi connectivity index (χ1v) is 8.97. The van der Waals surface area contributed by atoms with Gasteiger partial charge in [0.05, 0.1) is 0 Å². The monoisotopic (exact) mass is 358 g/mol. The van der Waals surface area contributed by atoms with Crippen LogP contribution in [-0.4, -0.2) is 15.9 Å². The van der Waals surface area contributed by atoms with Gasteiger partial charge >= 0.3 is 35.5 Å². The Morgan fingerprint density at radius 1 is 0.900 bits per heavy atom. The minimum absolute atomic E-state index is 0. The van der Waals surface area contributed by atoms with Gasteiger partial charge in [-0.25, -0.2) is 0 Å². The van der Waals surface area contributed by atoms with Crippen LogP contribution in [0.2, 0.25) is 0 Å². The van der Waals surface area contributed by atoms with Crippen molar-refractivity contribution in [2.75, 3.05) is 0 Å². The van der Waals surface area contributed by atoms with Crippen molar-refractivity contribution in [2.45, 2.75) is 95.2 Å². The van der Waals surface area contributed by atoms with Crippen LogP contribution in [-0.2, 0) is 4.79 Å². The van der Waals surface area contributed by atoms with E-state index in [0.29, 0.717) is 0 Å². The van der Waals surface area contributed by atoms with E-state index in [0.717, 1.165) is 12.8 Å².